The molecule has 2 heterocycles. The van der Waals surface area contributed by atoms with Crippen LogP contribution in [0.25, 0.3) is 0 Å². The third-order valence-corrected chi connectivity index (χ3v) is 2.69. The molecule has 0 bridgehead atoms. The van der Waals surface area contributed by atoms with Crippen LogP contribution < -0.4 is 5.32 Å². The van der Waals surface area contributed by atoms with Gasteiger partial charge in [-0.2, -0.15) is 0 Å². The molecule has 1 aromatic rings. The van der Waals surface area contributed by atoms with E-state index in [0.717, 1.165) is 31.8 Å². The van der Waals surface area contributed by atoms with E-state index in [-0.39, 0.29) is 6.61 Å². The van der Waals surface area contributed by atoms with Gasteiger partial charge in [-0.15, -0.1) is 10.2 Å². The van der Waals surface area contributed by atoms with Gasteiger partial charge in [0.15, 0.2) is 0 Å². The van der Waals surface area contributed by atoms with Gasteiger partial charge >= 0.3 is 0 Å². The van der Waals surface area contributed by atoms with Crippen LogP contribution in [0.15, 0.2) is 6.33 Å². The fourth-order valence-electron chi connectivity index (χ4n) is 1.94. The molecule has 78 valence electrons. The van der Waals surface area contributed by atoms with Crippen LogP contribution in [0.2, 0.25) is 0 Å². The van der Waals surface area contributed by atoms with Gasteiger partial charge in [0.05, 0.1) is 6.61 Å². The number of piperidine rings is 1. The topological polar surface area (TPSA) is 63.0 Å². The summed E-state index contributed by atoms with van der Waals surface area (Å²) in [5.41, 5.74) is 0. The molecule has 0 radical (unpaired) electrons. The van der Waals surface area contributed by atoms with E-state index in [1.54, 1.807) is 6.33 Å². The van der Waals surface area contributed by atoms with E-state index in [4.69, 9.17) is 5.11 Å². The van der Waals surface area contributed by atoms with Crippen LogP contribution in [0.4, 0.5) is 0 Å². The molecule has 1 aliphatic rings. The van der Waals surface area contributed by atoms with Crippen molar-refractivity contribution in [2.24, 2.45) is 0 Å². The third kappa shape index (κ3) is 1.93. The molecular weight excluding hydrogens is 180 g/mol. The molecule has 0 saturated carbocycles. The first kappa shape index (κ1) is 9.61. The molecule has 0 aliphatic carbocycles. The summed E-state index contributed by atoms with van der Waals surface area (Å²) < 4.78 is 1.95. The third-order valence-electron chi connectivity index (χ3n) is 2.69. The summed E-state index contributed by atoms with van der Waals surface area (Å²) in [5.74, 6) is 1.53. The van der Waals surface area contributed by atoms with Crippen LogP contribution in [0.1, 0.15) is 24.6 Å². The average molecular weight is 196 g/mol. The summed E-state index contributed by atoms with van der Waals surface area (Å²) in [7, 11) is 0. The molecule has 1 saturated heterocycles. The Bertz CT molecular complexity index is 280. The quantitative estimate of drug-likeness (QED) is 0.699. The summed E-state index contributed by atoms with van der Waals surface area (Å²) in [4.78, 5) is 0. The van der Waals surface area contributed by atoms with Gasteiger partial charge in [0.25, 0.3) is 0 Å². The lowest BCUT2D eigenvalue weighted by molar-refractivity contribution is 0.271. The highest BCUT2D eigenvalue weighted by Gasteiger charge is 2.19. The second-order valence-corrected chi connectivity index (χ2v) is 3.63. The van der Waals surface area contributed by atoms with E-state index in [0.29, 0.717) is 12.5 Å². The van der Waals surface area contributed by atoms with Crippen molar-refractivity contribution in [1.29, 1.82) is 0 Å². The van der Waals surface area contributed by atoms with Gasteiger partial charge in [-0.25, -0.2) is 0 Å². The molecule has 0 amide bonds. The minimum absolute atomic E-state index is 0.149. The summed E-state index contributed by atoms with van der Waals surface area (Å²) >= 11 is 0. The molecule has 1 aromatic heterocycles. The Morgan fingerprint density at radius 3 is 3.00 bits per heavy atom. The molecule has 2 N–H and O–H groups in total. The average Bonchev–Trinajstić information content (AvgIpc) is 2.68. The Morgan fingerprint density at radius 1 is 1.50 bits per heavy atom. The zero-order valence-corrected chi connectivity index (χ0v) is 8.19. The monoisotopic (exact) mass is 196 g/mol. The Kier molecular flexibility index (Phi) is 3.10. The minimum Gasteiger partial charge on any atom is -0.395 e. The van der Waals surface area contributed by atoms with Crippen LogP contribution in [-0.2, 0) is 6.54 Å². The second kappa shape index (κ2) is 4.52. The number of rotatable bonds is 3. The first-order valence-corrected chi connectivity index (χ1v) is 5.11. The number of aromatic nitrogens is 3. The van der Waals surface area contributed by atoms with Gasteiger partial charge in [0.1, 0.15) is 12.2 Å². The van der Waals surface area contributed by atoms with Gasteiger partial charge in [0, 0.05) is 12.5 Å². The lowest BCUT2D eigenvalue weighted by Crippen LogP contribution is -2.28. The molecule has 0 spiro atoms. The van der Waals surface area contributed by atoms with Gasteiger partial charge in [-0.05, 0) is 25.9 Å². The molecule has 2 rings (SSSR count). The molecule has 5 heteroatoms. The number of hydrogen-bond acceptors (Lipinski definition) is 4. The Hall–Kier alpha value is -0.940. The number of aliphatic hydroxyl groups excluding tert-OH is 1. The number of aliphatic hydroxyl groups is 1. The fourth-order valence-corrected chi connectivity index (χ4v) is 1.94. The Labute approximate surface area is 83.2 Å². The highest BCUT2D eigenvalue weighted by molar-refractivity contribution is 4.98. The number of nitrogens with one attached hydrogen (secondary N) is 1. The lowest BCUT2D eigenvalue weighted by atomic mass is 9.97. The summed E-state index contributed by atoms with van der Waals surface area (Å²) in [6.45, 7) is 2.86. The Balaban J connectivity index is 2.09. The van der Waals surface area contributed by atoms with E-state index >= 15 is 0 Å². The van der Waals surface area contributed by atoms with Crippen molar-refractivity contribution >= 4 is 0 Å². The van der Waals surface area contributed by atoms with Crippen LogP contribution in [0, 0.1) is 0 Å². The SMILES string of the molecule is OCCn1cnnc1C1CCNCC1. The van der Waals surface area contributed by atoms with Crippen molar-refractivity contribution in [1.82, 2.24) is 20.1 Å². The predicted molar refractivity (Wildman–Crippen MR) is 52.0 cm³/mol. The van der Waals surface area contributed by atoms with E-state index in [9.17, 15) is 0 Å². The van der Waals surface area contributed by atoms with Gasteiger partial charge < -0.3 is 15.0 Å². The lowest BCUT2D eigenvalue weighted by Gasteiger charge is -2.22. The van der Waals surface area contributed by atoms with Crippen molar-refractivity contribution < 1.29 is 5.11 Å². The first-order chi connectivity index (χ1) is 6.92. The number of hydrogen-bond donors (Lipinski definition) is 2. The molecule has 0 unspecified atom stereocenters. The van der Waals surface area contributed by atoms with Crippen molar-refractivity contribution in [3.63, 3.8) is 0 Å². The Morgan fingerprint density at radius 2 is 2.29 bits per heavy atom. The maximum atomic E-state index is 8.87. The smallest absolute Gasteiger partial charge is 0.136 e. The molecule has 0 aromatic carbocycles. The van der Waals surface area contributed by atoms with Gasteiger partial charge in [-0.3, -0.25) is 0 Å². The standard InChI is InChI=1S/C9H16N4O/c14-6-5-13-7-11-12-9(13)8-1-3-10-4-2-8/h7-8,10,14H,1-6H2. The van der Waals surface area contributed by atoms with Crippen LogP contribution >= 0.6 is 0 Å². The minimum atomic E-state index is 0.149. The fraction of sp³-hybridized carbons (Fsp3) is 0.778. The molecule has 0 atom stereocenters. The summed E-state index contributed by atoms with van der Waals surface area (Å²) in [6, 6.07) is 0. The first-order valence-electron chi connectivity index (χ1n) is 5.11. The van der Waals surface area contributed by atoms with E-state index in [1.165, 1.54) is 0 Å². The zero-order valence-electron chi connectivity index (χ0n) is 8.19. The molecular formula is C9H16N4O. The highest BCUT2D eigenvalue weighted by atomic mass is 16.3. The van der Waals surface area contributed by atoms with Crippen molar-refractivity contribution in [2.45, 2.75) is 25.3 Å². The van der Waals surface area contributed by atoms with Crippen molar-refractivity contribution in [3.05, 3.63) is 12.2 Å². The summed E-state index contributed by atoms with van der Waals surface area (Å²) in [5, 5.41) is 20.2. The molecule has 14 heavy (non-hydrogen) atoms. The van der Waals surface area contributed by atoms with Gasteiger partial charge in [0.2, 0.25) is 0 Å². The highest BCUT2D eigenvalue weighted by Crippen LogP contribution is 2.22. The second-order valence-electron chi connectivity index (χ2n) is 3.63. The van der Waals surface area contributed by atoms with E-state index in [2.05, 4.69) is 15.5 Å². The molecule has 5 nitrogen and oxygen atoms in total. The summed E-state index contributed by atoms with van der Waals surface area (Å²) in [6.07, 6.45) is 3.93. The normalized spacial score (nSPS) is 18.6. The molecule has 1 aliphatic heterocycles. The van der Waals surface area contributed by atoms with E-state index < -0.39 is 0 Å². The van der Waals surface area contributed by atoms with Crippen LogP contribution in [0.3, 0.4) is 0 Å². The molecule has 1 fully saturated rings. The van der Waals surface area contributed by atoms with Crippen LogP contribution in [0.5, 0.6) is 0 Å². The predicted octanol–water partition coefficient (Wildman–Crippen LogP) is -0.263. The zero-order chi connectivity index (χ0) is 9.80. The largest absolute Gasteiger partial charge is 0.395 e. The van der Waals surface area contributed by atoms with Crippen molar-refractivity contribution in [2.75, 3.05) is 19.7 Å². The van der Waals surface area contributed by atoms with Crippen molar-refractivity contribution in [3.8, 4) is 0 Å². The van der Waals surface area contributed by atoms with Crippen LogP contribution in [-0.4, -0.2) is 39.6 Å². The van der Waals surface area contributed by atoms with Gasteiger partial charge in [-0.1, -0.05) is 0 Å². The van der Waals surface area contributed by atoms with E-state index in [1.807, 2.05) is 4.57 Å². The maximum absolute atomic E-state index is 8.87. The number of nitrogens with zero attached hydrogens (tertiary/aromatic N) is 3. The maximum Gasteiger partial charge on any atom is 0.136 e.